The predicted octanol–water partition coefficient (Wildman–Crippen LogP) is 3.05. The van der Waals surface area contributed by atoms with Gasteiger partial charge in [0.25, 0.3) is 0 Å². The van der Waals surface area contributed by atoms with Crippen LogP contribution >= 0.6 is 0 Å². The van der Waals surface area contributed by atoms with E-state index in [2.05, 4.69) is 31.0 Å². The van der Waals surface area contributed by atoms with Gasteiger partial charge in [0.15, 0.2) is 0 Å². The molecule has 1 N–H and O–H groups in total. The summed E-state index contributed by atoms with van der Waals surface area (Å²) in [4.78, 5) is 14.2. The van der Waals surface area contributed by atoms with Crippen LogP contribution in [0.2, 0.25) is 0 Å². The van der Waals surface area contributed by atoms with E-state index < -0.39 is 0 Å². The number of unbranched alkanes of at least 4 members (excludes halogenated alkanes) is 1. The van der Waals surface area contributed by atoms with Crippen LogP contribution in [0.5, 0.6) is 0 Å². The van der Waals surface area contributed by atoms with Crippen molar-refractivity contribution in [2.24, 2.45) is 11.8 Å². The van der Waals surface area contributed by atoms with Gasteiger partial charge in [-0.1, -0.05) is 20.3 Å². The van der Waals surface area contributed by atoms with Crippen LogP contribution < -0.4 is 5.32 Å². The smallest absolute Gasteiger partial charge is 0.222 e. The van der Waals surface area contributed by atoms with Crippen molar-refractivity contribution in [1.82, 2.24) is 10.2 Å². The molecule has 0 radical (unpaired) electrons. The van der Waals surface area contributed by atoms with E-state index in [-0.39, 0.29) is 0 Å². The molecule has 19 heavy (non-hydrogen) atoms. The summed E-state index contributed by atoms with van der Waals surface area (Å²) in [6.07, 6.45) is 6.59. The molecule has 1 rings (SSSR count). The van der Waals surface area contributed by atoms with Crippen molar-refractivity contribution in [3.8, 4) is 0 Å². The first-order valence-corrected chi connectivity index (χ1v) is 7.99. The van der Waals surface area contributed by atoms with Gasteiger partial charge < -0.3 is 10.2 Å². The molecule has 0 aromatic carbocycles. The third-order valence-electron chi connectivity index (χ3n) is 4.60. The fourth-order valence-corrected chi connectivity index (χ4v) is 2.86. The van der Waals surface area contributed by atoms with Gasteiger partial charge in [-0.25, -0.2) is 0 Å². The lowest BCUT2D eigenvalue weighted by Gasteiger charge is -2.22. The largest absolute Gasteiger partial charge is 0.343 e. The Hall–Kier alpha value is -0.570. The molecule has 0 saturated carbocycles. The molecule has 1 saturated heterocycles. The molecule has 1 amide bonds. The minimum absolute atomic E-state index is 0.379. The lowest BCUT2D eigenvalue weighted by Crippen LogP contribution is -2.31. The molecular weight excluding hydrogens is 236 g/mol. The van der Waals surface area contributed by atoms with E-state index in [9.17, 15) is 4.79 Å². The second kappa shape index (κ2) is 8.57. The number of likely N-dealkylation sites (tertiary alicyclic amines) is 1. The van der Waals surface area contributed by atoms with Gasteiger partial charge in [-0.2, -0.15) is 0 Å². The first-order valence-electron chi connectivity index (χ1n) is 7.99. The highest BCUT2D eigenvalue weighted by molar-refractivity contribution is 5.76. The quantitative estimate of drug-likeness (QED) is 0.720. The van der Waals surface area contributed by atoms with E-state index in [1.807, 2.05) is 7.05 Å². The lowest BCUT2D eigenvalue weighted by atomic mass is 9.89. The van der Waals surface area contributed by atoms with Gasteiger partial charge in [-0.15, -0.1) is 0 Å². The number of nitrogens with zero attached hydrogens (tertiary/aromatic N) is 1. The molecule has 0 aliphatic carbocycles. The Balaban J connectivity index is 2.27. The van der Waals surface area contributed by atoms with Crippen LogP contribution in [0.15, 0.2) is 0 Å². The number of nitrogens with one attached hydrogen (secondary N) is 1. The van der Waals surface area contributed by atoms with Gasteiger partial charge in [-0.05, 0) is 51.5 Å². The zero-order chi connectivity index (χ0) is 14.3. The van der Waals surface area contributed by atoms with Crippen molar-refractivity contribution in [1.29, 1.82) is 0 Å². The molecule has 2 atom stereocenters. The fourth-order valence-electron chi connectivity index (χ4n) is 2.86. The number of hydrogen-bond acceptors (Lipinski definition) is 2. The average molecular weight is 268 g/mol. The van der Waals surface area contributed by atoms with E-state index in [0.717, 1.165) is 38.3 Å². The van der Waals surface area contributed by atoms with E-state index >= 15 is 0 Å². The molecule has 2 unspecified atom stereocenters. The molecule has 3 heteroatoms. The summed E-state index contributed by atoms with van der Waals surface area (Å²) in [7, 11) is 2.01. The van der Waals surface area contributed by atoms with Crippen molar-refractivity contribution in [2.45, 2.75) is 65.3 Å². The van der Waals surface area contributed by atoms with Gasteiger partial charge in [0, 0.05) is 25.6 Å². The number of amides is 1. The molecule has 1 aliphatic rings. The highest BCUT2D eigenvalue weighted by Gasteiger charge is 2.23. The molecule has 112 valence electrons. The summed E-state index contributed by atoms with van der Waals surface area (Å²) in [6, 6.07) is 0.588. The molecule has 1 aliphatic heterocycles. The van der Waals surface area contributed by atoms with Crippen molar-refractivity contribution < 1.29 is 4.79 Å². The van der Waals surface area contributed by atoms with Crippen LogP contribution in [0.4, 0.5) is 0 Å². The van der Waals surface area contributed by atoms with Crippen molar-refractivity contribution in [3.05, 3.63) is 0 Å². The monoisotopic (exact) mass is 268 g/mol. The first-order chi connectivity index (χ1) is 9.04. The summed E-state index contributed by atoms with van der Waals surface area (Å²) < 4.78 is 0. The predicted molar refractivity (Wildman–Crippen MR) is 81.1 cm³/mol. The van der Waals surface area contributed by atoms with Gasteiger partial charge in [-0.3, -0.25) is 4.79 Å². The Morgan fingerprint density at radius 1 is 1.26 bits per heavy atom. The Morgan fingerprint density at radius 3 is 2.63 bits per heavy atom. The fraction of sp³-hybridized carbons (Fsp3) is 0.938. The Kier molecular flexibility index (Phi) is 7.44. The van der Waals surface area contributed by atoms with Crippen molar-refractivity contribution in [3.63, 3.8) is 0 Å². The molecular formula is C16H32N2O. The molecule has 1 heterocycles. The Morgan fingerprint density at radius 2 is 2.00 bits per heavy atom. The van der Waals surface area contributed by atoms with Crippen molar-refractivity contribution >= 4 is 5.91 Å². The lowest BCUT2D eigenvalue weighted by molar-refractivity contribution is -0.130. The topological polar surface area (TPSA) is 32.3 Å². The molecule has 0 spiro atoms. The second-order valence-electron chi connectivity index (χ2n) is 6.40. The SMILES string of the molecule is CNC(C)CCCCN1CCC(C(C)C)CCC1=O. The molecule has 1 fully saturated rings. The highest BCUT2D eigenvalue weighted by atomic mass is 16.2. The summed E-state index contributed by atoms with van der Waals surface area (Å²) in [6.45, 7) is 8.71. The first kappa shape index (κ1) is 16.5. The van der Waals surface area contributed by atoms with Crippen LogP contribution in [-0.4, -0.2) is 37.0 Å². The zero-order valence-corrected chi connectivity index (χ0v) is 13.2. The maximum absolute atomic E-state index is 12.1. The normalized spacial score (nSPS) is 22.7. The molecule has 0 aromatic rings. The van der Waals surface area contributed by atoms with Crippen LogP contribution in [0, 0.1) is 11.8 Å². The van der Waals surface area contributed by atoms with Gasteiger partial charge in [0.1, 0.15) is 0 Å². The Bertz CT molecular complexity index is 265. The van der Waals surface area contributed by atoms with Crippen LogP contribution in [0.3, 0.4) is 0 Å². The van der Waals surface area contributed by atoms with Crippen molar-refractivity contribution in [2.75, 3.05) is 20.1 Å². The van der Waals surface area contributed by atoms with Gasteiger partial charge in [0.05, 0.1) is 0 Å². The number of carbonyl (C=O) groups excluding carboxylic acids is 1. The summed E-state index contributed by atoms with van der Waals surface area (Å²) >= 11 is 0. The second-order valence-corrected chi connectivity index (χ2v) is 6.40. The summed E-state index contributed by atoms with van der Waals surface area (Å²) in [5, 5.41) is 3.26. The minimum Gasteiger partial charge on any atom is -0.343 e. The van der Waals surface area contributed by atoms with E-state index in [4.69, 9.17) is 0 Å². The molecule has 0 aromatic heterocycles. The molecule has 3 nitrogen and oxygen atoms in total. The highest BCUT2D eigenvalue weighted by Crippen LogP contribution is 2.25. The third kappa shape index (κ3) is 5.94. The number of rotatable bonds is 7. The van der Waals surface area contributed by atoms with E-state index in [0.29, 0.717) is 17.9 Å². The third-order valence-corrected chi connectivity index (χ3v) is 4.60. The van der Waals surface area contributed by atoms with Crippen LogP contribution in [-0.2, 0) is 4.79 Å². The number of hydrogen-bond donors (Lipinski definition) is 1. The Labute approximate surface area is 119 Å². The summed E-state index contributed by atoms with van der Waals surface area (Å²) in [5.41, 5.74) is 0. The molecule has 0 bridgehead atoms. The van der Waals surface area contributed by atoms with E-state index in [1.165, 1.54) is 19.3 Å². The maximum Gasteiger partial charge on any atom is 0.222 e. The number of carbonyl (C=O) groups is 1. The van der Waals surface area contributed by atoms with Crippen LogP contribution in [0.1, 0.15) is 59.3 Å². The standard InChI is InChI=1S/C16H32N2O/c1-13(2)15-8-9-16(19)18(12-10-15)11-6-5-7-14(3)17-4/h13-15,17H,5-12H2,1-4H3. The van der Waals surface area contributed by atoms with Gasteiger partial charge in [0.2, 0.25) is 5.91 Å². The van der Waals surface area contributed by atoms with Crippen LogP contribution in [0.25, 0.3) is 0 Å². The average Bonchev–Trinajstić information content (AvgIpc) is 2.57. The zero-order valence-electron chi connectivity index (χ0n) is 13.2. The van der Waals surface area contributed by atoms with E-state index in [1.54, 1.807) is 0 Å². The summed E-state index contributed by atoms with van der Waals surface area (Å²) in [5.74, 6) is 1.83. The van der Waals surface area contributed by atoms with Gasteiger partial charge >= 0.3 is 0 Å². The maximum atomic E-state index is 12.1. The minimum atomic E-state index is 0.379.